The molecule has 0 radical (unpaired) electrons. The van der Waals surface area contributed by atoms with Gasteiger partial charge < -0.3 is 10.2 Å². The number of hydrogen-bond acceptors (Lipinski definition) is 4. The molecule has 0 aromatic heterocycles. The minimum atomic E-state index is -0.961. The average molecular weight is 308 g/mol. The first-order chi connectivity index (χ1) is 11.0. The summed E-state index contributed by atoms with van der Waals surface area (Å²) in [6, 6.07) is 13.8. The van der Waals surface area contributed by atoms with E-state index in [0.717, 1.165) is 22.5 Å². The lowest BCUT2D eigenvalue weighted by Gasteiger charge is -2.14. The summed E-state index contributed by atoms with van der Waals surface area (Å²) >= 11 is 0. The number of hydrogen-bond donors (Lipinski definition) is 2. The molecule has 5 nitrogen and oxygen atoms in total. The maximum absolute atomic E-state index is 11.1. The molecule has 0 unspecified atom stereocenters. The summed E-state index contributed by atoms with van der Waals surface area (Å²) in [6.45, 7) is 2.43. The number of anilines is 1. The Kier molecular flexibility index (Phi) is 3.85. The van der Waals surface area contributed by atoms with E-state index in [1.54, 1.807) is 35.3 Å². The highest BCUT2D eigenvalue weighted by Gasteiger charge is 2.19. The minimum absolute atomic E-state index is 0.221. The second-order valence-corrected chi connectivity index (χ2v) is 5.33. The van der Waals surface area contributed by atoms with Crippen molar-refractivity contribution >= 4 is 23.4 Å². The molecule has 0 spiro atoms. The van der Waals surface area contributed by atoms with Crippen molar-refractivity contribution in [1.29, 1.82) is 0 Å². The third-order valence-electron chi connectivity index (χ3n) is 3.71. The molecule has 2 aromatic carbocycles. The summed E-state index contributed by atoms with van der Waals surface area (Å²) in [4.78, 5) is 11.1. The molecule has 2 N–H and O–H groups in total. The Morgan fingerprint density at radius 1 is 1.22 bits per heavy atom. The lowest BCUT2D eigenvalue weighted by Crippen LogP contribution is -2.13. The number of carboxylic acid groups (broad SMARTS) is 1. The number of para-hydroxylation sites is 1. The highest BCUT2D eigenvalue weighted by molar-refractivity contribution is 6.05. The second-order valence-electron chi connectivity index (χ2n) is 5.33. The quantitative estimate of drug-likeness (QED) is 0.912. The Morgan fingerprint density at radius 2 is 2.00 bits per heavy atom. The molecule has 2 aromatic rings. The van der Waals surface area contributed by atoms with E-state index >= 15 is 0 Å². The summed E-state index contributed by atoms with van der Waals surface area (Å²) in [5.41, 5.74) is 3.51. The van der Waals surface area contributed by atoms with Crippen molar-refractivity contribution < 1.29 is 15.0 Å². The van der Waals surface area contributed by atoms with Gasteiger partial charge in [-0.05, 0) is 42.8 Å². The standard InChI is InChI=1S/C18H16N2O3/c1-12-15(9-13-5-2-3-8-17(13)21)11-20(19-12)16-7-4-6-14(10-16)18(22)23/h2-10,21H,11H2,1H3,(H,22,23). The number of benzene rings is 2. The summed E-state index contributed by atoms with van der Waals surface area (Å²) < 4.78 is 0. The van der Waals surface area contributed by atoms with Crippen LogP contribution in [0.2, 0.25) is 0 Å². The Bertz CT molecular complexity index is 825. The van der Waals surface area contributed by atoms with Crippen molar-refractivity contribution in [3.63, 3.8) is 0 Å². The molecule has 1 aliphatic heterocycles. The molecule has 23 heavy (non-hydrogen) atoms. The fraction of sp³-hybridized carbons (Fsp3) is 0.111. The van der Waals surface area contributed by atoms with Crippen LogP contribution in [0.15, 0.2) is 59.2 Å². The van der Waals surface area contributed by atoms with Gasteiger partial charge in [0.2, 0.25) is 0 Å². The van der Waals surface area contributed by atoms with Crippen molar-refractivity contribution in [2.24, 2.45) is 5.10 Å². The van der Waals surface area contributed by atoms with E-state index in [9.17, 15) is 9.90 Å². The van der Waals surface area contributed by atoms with Crippen molar-refractivity contribution in [3.05, 3.63) is 65.2 Å². The number of aromatic hydroxyl groups is 1. The van der Waals surface area contributed by atoms with Crippen LogP contribution in [0.4, 0.5) is 5.69 Å². The highest BCUT2D eigenvalue weighted by atomic mass is 16.4. The normalized spacial score (nSPS) is 15.8. The Balaban J connectivity index is 1.88. The molecule has 0 fully saturated rings. The van der Waals surface area contributed by atoms with E-state index in [4.69, 9.17) is 5.11 Å². The van der Waals surface area contributed by atoms with Gasteiger partial charge in [-0.2, -0.15) is 5.10 Å². The minimum Gasteiger partial charge on any atom is -0.507 e. The van der Waals surface area contributed by atoms with E-state index in [1.165, 1.54) is 0 Å². The van der Waals surface area contributed by atoms with Gasteiger partial charge in [0.25, 0.3) is 0 Å². The monoisotopic (exact) mass is 308 g/mol. The first-order valence-corrected chi connectivity index (χ1v) is 7.19. The summed E-state index contributed by atoms with van der Waals surface area (Å²) in [6.07, 6.45) is 1.90. The average Bonchev–Trinajstić information content (AvgIpc) is 2.91. The van der Waals surface area contributed by atoms with Gasteiger partial charge in [-0.1, -0.05) is 24.3 Å². The number of aromatic carboxylic acids is 1. The van der Waals surface area contributed by atoms with E-state index in [1.807, 2.05) is 31.2 Å². The van der Waals surface area contributed by atoms with Crippen LogP contribution >= 0.6 is 0 Å². The van der Waals surface area contributed by atoms with Gasteiger partial charge in [0, 0.05) is 5.56 Å². The second kappa shape index (κ2) is 5.96. The van der Waals surface area contributed by atoms with E-state index in [-0.39, 0.29) is 11.3 Å². The highest BCUT2D eigenvalue weighted by Crippen LogP contribution is 2.26. The van der Waals surface area contributed by atoms with Gasteiger partial charge in [-0.3, -0.25) is 5.01 Å². The lowest BCUT2D eigenvalue weighted by molar-refractivity contribution is 0.0697. The van der Waals surface area contributed by atoms with Crippen LogP contribution in [-0.2, 0) is 0 Å². The molecule has 5 heteroatoms. The van der Waals surface area contributed by atoms with Crippen molar-refractivity contribution in [3.8, 4) is 5.75 Å². The van der Waals surface area contributed by atoms with Crippen molar-refractivity contribution in [2.45, 2.75) is 6.92 Å². The topological polar surface area (TPSA) is 73.1 Å². The smallest absolute Gasteiger partial charge is 0.335 e. The number of carbonyl (C=O) groups is 1. The summed E-state index contributed by atoms with van der Waals surface area (Å²) in [7, 11) is 0. The van der Waals surface area contributed by atoms with E-state index in [0.29, 0.717) is 6.54 Å². The number of carboxylic acids is 1. The van der Waals surface area contributed by atoms with Crippen LogP contribution in [0.3, 0.4) is 0 Å². The molecule has 0 saturated heterocycles. The van der Waals surface area contributed by atoms with Crippen LogP contribution < -0.4 is 5.01 Å². The van der Waals surface area contributed by atoms with Crippen LogP contribution in [-0.4, -0.2) is 28.4 Å². The van der Waals surface area contributed by atoms with Crippen LogP contribution in [0.25, 0.3) is 6.08 Å². The predicted molar refractivity (Wildman–Crippen MR) is 89.9 cm³/mol. The molecule has 0 bridgehead atoms. The van der Waals surface area contributed by atoms with Crippen molar-refractivity contribution in [2.75, 3.05) is 11.6 Å². The summed E-state index contributed by atoms with van der Waals surface area (Å²) in [5.74, 6) is -0.740. The van der Waals surface area contributed by atoms with Crippen molar-refractivity contribution in [1.82, 2.24) is 0 Å². The predicted octanol–water partition coefficient (Wildman–Crippen LogP) is 3.37. The zero-order valence-electron chi connectivity index (χ0n) is 12.6. The van der Waals surface area contributed by atoms with Crippen LogP contribution in [0.1, 0.15) is 22.8 Å². The molecular weight excluding hydrogens is 292 g/mol. The van der Waals surface area contributed by atoms with Gasteiger partial charge in [-0.25, -0.2) is 4.79 Å². The van der Waals surface area contributed by atoms with Gasteiger partial charge in [0.05, 0.1) is 23.5 Å². The maximum Gasteiger partial charge on any atom is 0.335 e. The number of phenolic OH excluding ortho intramolecular Hbond substituents is 1. The molecule has 0 aliphatic carbocycles. The molecule has 3 rings (SSSR count). The van der Waals surface area contributed by atoms with E-state index in [2.05, 4.69) is 5.10 Å². The van der Waals surface area contributed by atoms with Gasteiger partial charge >= 0.3 is 5.97 Å². The third kappa shape index (κ3) is 3.08. The molecule has 1 heterocycles. The summed E-state index contributed by atoms with van der Waals surface area (Å²) in [5, 5.41) is 25.2. The largest absolute Gasteiger partial charge is 0.507 e. The Labute approximate surface area is 133 Å². The third-order valence-corrected chi connectivity index (χ3v) is 3.71. The zero-order chi connectivity index (χ0) is 16.4. The molecule has 0 atom stereocenters. The van der Waals surface area contributed by atoms with Crippen LogP contribution in [0, 0.1) is 0 Å². The molecular formula is C18H16N2O3. The first-order valence-electron chi connectivity index (χ1n) is 7.19. The molecule has 1 aliphatic rings. The Hall–Kier alpha value is -3.08. The van der Waals surface area contributed by atoms with Gasteiger partial charge in [-0.15, -0.1) is 0 Å². The molecule has 0 saturated carbocycles. The first kappa shape index (κ1) is 14.8. The number of nitrogens with zero attached hydrogens (tertiary/aromatic N) is 2. The lowest BCUT2D eigenvalue weighted by atomic mass is 10.1. The number of phenols is 1. The SMILES string of the molecule is CC1=NN(c2cccc(C(=O)O)c2)CC1=Cc1ccccc1O. The number of rotatable bonds is 3. The fourth-order valence-electron chi connectivity index (χ4n) is 2.45. The Morgan fingerprint density at radius 3 is 2.74 bits per heavy atom. The molecule has 0 amide bonds. The number of hydrazone groups is 1. The van der Waals surface area contributed by atoms with Gasteiger partial charge in [0.1, 0.15) is 5.75 Å². The fourth-order valence-corrected chi connectivity index (χ4v) is 2.45. The maximum atomic E-state index is 11.1. The van der Waals surface area contributed by atoms with E-state index < -0.39 is 5.97 Å². The van der Waals surface area contributed by atoms with Gasteiger partial charge in [0.15, 0.2) is 0 Å². The molecule has 116 valence electrons. The zero-order valence-corrected chi connectivity index (χ0v) is 12.6. The van der Waals surface area contributed by atoms with Crippen LogP contribution in [0.5, 0.6) is 5.75 Å².